The first-order valence-electron chi connectivity index (χ1n) is 5.99. The monoisotopic (exact) mass is 289 g/mol. The highest BCUT2D eigenvalue weighted by molar-refractivity contribution is 5.86. The van der Waals surface area contributed by atoms with Gasteiger partial charge in [-0.15, -0.1) is 5.10 Å². The number of aromatic nitrogens is 3. The van der Waals surface area contributed by atoms with Crippen LogP contribution in [0, 0.1) is 0 Å². The van der Waals surface area contributed by atoms with Crippen LogP contribution in [-0.2, 0) is 27.4 Å². The number of carbonyl (C=O) groups is 1. The molecule has 0 amide bonds. The molecule has 2 N–H and O–H groups in total. The van der Waals surface area contributed by atoms with Crippen LogP contribution in [0.4, 0.5) is 0 Å². The third kappa shape index (κ3) is 4.85. The summed E-state index contributed by atoms with van der Waals surface area (Å²) in [4.78, 5) is 11.0. The van der Waals surface area contributed by atoms with Gasteiger partial charge in [0.25, 0.3) is 0 Å². The lowest BCUT2D eigenvalue weighted by Gasteiger charge is -2.12. The molecular formula is C11H19N3O6. The zero-order valence-corrected chi connectivity index (χ0v) is 11.5. The fourth-order valence-electron chi connectivity index (χ4n) is 1.54. The molecule has 0 spiro atoms. The summed E-state index contributed by atoms with van der Waals surface area (Å²) in [6.45, 7) is 1.03. The number of carboxylic acid groups (broad SMARTS) is 1. The van der Waals surface area contributed by atoms with Crippen LogP contribution in [0.3, 0.4) is 0 Å². The van der Waals surface area contributed by atoms with E-state index in [1.807, 2.05) is 0 Å². The van der Waals surface area contributed by atoms with E-state index in [1.165, 1.54) is 11.8 Å². The number of rotatable bonds is 10. The SMILES string of the molecule is COCCOCC(O)Cn1nnc(C(=O)O)c1COC. The first-order chi connectivity index (χ1) is 9.60. The molecule has 1 aromatic rings. The van der Waals surface area contributed by atoms with Crippen LogP contribution >= 0.6 is 0 Å². The van der Waals surface area contributed by atoms with Gasteiger partial charge in [-0.3, -0.25) is 0 Å². The van der Waals surface area contributed by atoms with Crippen molar-refractivity contribution in [2.24, 2.45) is 0 Å². The van der Waals surface area contributed by atoms with Gasteiger partial charge >= 0.3 is 5.97 Å². The summed E-state index contributed by atoms with van der Waals surface area (Å²) in [5.74, 6) is -1.19. The van der Waals surface area contributed by atoms with Crippen LogP contribution in [0.1, 0.15) is 16.2 Å². The van der Waals surface area contributed by atoms with Gasteiger partial charge in [0.05, 0.1) is 44.8 Å². The van der Waals surface area contributed by atoms with Crippen molar-refractivity contribution in [2.75, 3.05) is 34.0 Å². The van der Waals surface area contributed by atoms with E-state index in [0.717, 1.165) is 0 Å². The maximum Gasteiger partial charge on any atom is 0.358 e. The molecule has 0 aliphatic heterocycles. The third-order valence-corrected chi connectivity index (χ3v) is 2.45. The summed E-state index contributed by atoms with van der Waals surface area (Å²) >= 11 is 0. The van der Waals surface area contributed by atoms with Gasteiger partial charge < -0.3 is 24.4 Å². The summed E-state index contributed by atoms with van der Waals surface area (Å²) in [5.41, 5.74) is 0.121. The normalized spacial score (nSPS) is 12.6. The summed E-state index contributed by atoms with van der Waals surface area (Å²) < 4.78 is 16.2. The minimum atomic E-state index is -1.19. The Morgan fingerprint density at radius 3 is 2.70 bits per heavy atom. The van der Waals surface area contributed by atoms with Gasteiger partial charge in [-0.1, -0.05) is 5.21 Å². The smallest absolute Gasteiger partial charge is 0.358 e. The number of ether oxygens (including phenoxy) is 3. The minimum absolute atomic E-state index is 0.0475. The standard InChI is InChI=1S/C11H19N3O6/c1-18-3-4-20-6-8(15)5-14-9(7-19-2)10(11(16)17)12-13-14/h8,15H,3-7H2,1-2H3,(H,16,17). The van der Waals surface area contributed by atoms with Crippen molar-refractivity contribution in [1.29, 1.82) is 0 Å². The topological polar surface area (TPSA) is 116 Å². The van der Waals surface area contributed by atoms with E-state index in [-0.39, 0.29) is 25.5 Å². The lowest BCUT2D eigenvalue weighted by atomic mass is 10.3. The Morgan fingerprint density at radius 2 is 2.10 bits per heavy atom. The molecule has 9 nitrogen and oxygen atoms in total. The molecular weight excluding hydrogens is 270 g/mol. The van der Waals surface area contributed by atoms with Crippen LogP contribution in [0.25, 0.3) is 0 Å². The molecule has 0 bridgehead atoms. The van der Waals surface area contributed by atoms with E-state index >= 15 is 0 Å². The quantitative estimate of drug-likeness (QED) is 0.535. The Balaban J connectivity index is 2.59. The maximum atomic E-state index is 11.0. The average molecular weight is 289 g/mol. The Morgan fingerprint density at radius 1 is 1.35 bits per heavy atom. The van der Waals surface area contributed by atoms with E-state index in [4.69, 9.17) is 19.3 Å². The van der Waals surface area contributed by atoms with E-state index in [1.54, 1.807) is 7.11 Å². The van der Waals surface area contributed by atoms with E-state index in [0.29, 0.717) is 18.9 Å². The molecule has 0 aliphatic rings. The number of nitrogens with zero attached hydrogens (tertiary/aromatic N) is 3. The highest BCUT2D eigenvalue weighted by atomic mass is 16.5. The zero-order valence-electron chi connectivity index (χ0n) is 11.5. The van der Waals surface area contributed by atoms with Crippen LogP contribution in [-0.4, -0.2) is 71.3 Å². The molecule has 0 aromatic carbocycles. The number of hydrogen-bond acceptors (Lipinski definition) is 7. The number of aliphatic hydroxyl groups excluding tert-OH is 1. The average Bonchev–Trinajstić information content (AvgIpc) is 2.78. The number of aliphatic hydroxyl groups is 1. The van der Waals surface area contributed by atoms with E-state index in [2.05, 4.69) is 10.3 Å². The fourth-order valence-corrected chi connectivity index (χ4v) is 1.54. The molecule has 0 saturated carbocycles. The van der Waals surface area contributed by atoms with Crippen molar-refractivity contribution in [1.82, 2.24) is 15.0 Å². The number of carboxylic acids is 1. The summed E-state index contributed by atoms with van der Waals surface area (Å²) in [6.07, 6.45) is -0.828. The predicted octanol–water partition coefficient (Wildman–Crippen LogP) is -0.853. The van der Waals surface area contributed by atoms with E-state index in [9.17, 15) is 9.90 Å². The van der Waals surface area contributed by atoms with Gasteiger partial charge in [-0.25, -0.2) is 9.48 Å². The zero-order chi connectivity index (χ0) is 15.0. The van der Waals surface area contributed by atoms with Crippen molar-refractivity contribution >= 4 is 5.97 Å². The number of methoxy groups -OCH3 is 2. The van der Waals surface area contributed by atoms with E-state index < -0.39 is 12.1 Å². The molecule has 0 aliphatic carbocycles. The summed E-state index contributed by atoms with van der Waals surface area (Å²) in [7, 11) is 2.99. The second kappa shape index (κ2) is 8.59. The molecule has 0 saturated heterocycles. The van der Waals surface area contributed by atoms with Crippen molar-refractivity contribution < 1.29 is 29.2 Å². The third-order valence-electron chi connectivity index (χ3n) is 2.45. The molecule has 114 valence electrons. The first kappa shape index (κ1) is 16.5. The molecule has 1 heterocycles. The fraction of sp³-hybridized carbons (Fsp3) is 0.727. The minimum Gasteiger partial charge on any atom is -0.476 e. The number of aromatic carboxylic acids is 1. The van der Waals surface area contributed by atoms with Crippen molar-refractivity contribution in [3.63, 3.8) is 0 Å². The molecule has 1 atom stereocenters. The van der Waals surface area contributed by atoms with Gasteiger partial charge in [0.2, 0.25) is 0 Å². The highest BCUT2D eigenvalue weighted by Gasteiger charge is 2.20. The second-order valence-corrected chi connectivity index (χ2v) is 4.03. The van der Waals surface area contributed by atoms with Crippen LogP contribution < -0.4 is 0 Å². The lowest BCUT2D eigenvalue weighted by Crippen LogP contribution is -2.25. The van der Waals surface area contributed by atoms with Gasteiger partial charge in [-0.05, 0) is 0 Å². The molecule has 0 radical (unpaired) electrons. The molecule has 0 fully saturated rings. The molecule has 1 aromatic heterocycles. The van der Waals surface area contributed by atoms with Gasteiger partial charge in [0.1, 0.15) is 0 Å². The van der Waals surface area contributed by atoms with Crippen molar-refractivity contribution in [3.8, 4) is 0 Å². The molecule has 20 heavy (non-hydrogen) atoms. The molecule has 9 heteroatoms. The molecule has 1 unspecified atom stereocenters. The van der Waals surface area contributed by atoms with Crippen molar-refractivity contribution in [2.45, 2.75) is 19.3 Å². The Kier molecular flexibility index (Phi) is 7.09. The largest absolute Gasteiger partial charge is 0.476 e. The summed E-state index contributed by atoms with van der Waals surface area (Å²) in [6, 6.07) is 0. The van der Waals surface area contributed by atoms with Gasteiger partial charge in [0.15, 0.2) is 5.69 Å². The molecule has 1 rings (SSSR count). The van der Waals surface area contributed by atoms with Gasteiger partial charge in [-0.2, -0.15) is 0 Å². The lowest BCUT2D eigenvalue weighted by molar-refractivity contribution is 0.00495. The maximum absolute atomic E-state index is 11.0. The first-order valence-corrected chi connectivity index (χ1v) is 5.99. The summed E-state index contributed by atoms with van der Waals surface area (Å²) in [5, 5.41) is 26.0. The van der Waals surface area contributed by atoms with Gasteiger partial charge in [0, 0.05) is 14.2 Å². The Hall–Kier alpha value is -1.55. The van der Waals surface area contributed by atoms with Crippen molar-refractivity contribution in [3.05, 3.63) is 11.4 Å². The highest BCUT2D eigenvalue weighted by Crippen LogP contribution is 2.08. The number of hydrogen-bond donors (Lipinski definition) is 2. The second-order valence-electron chi connectivity index (χ2n) is 4.03. The van der Waals surface area contributed by atoms with Crippen LogP contribution in [0.15, 0.2) is 0 Å². The predicted molar refractivity (Wildman–Crippen MR) is 66.4 cm³/mol. The van der Waals surface area contributed by atoms with Crippen LogP contribution in [0.2, 0.25) is 0 Å². The Bertz CT molecular complexity index is 422. The Labute approximate surface area is 116 Å². The van der Waals surface area contributed by atoms with Crippen LogP contribution in [0.5, 0.6) is 0 Å².